The maximum absolute atomic E-state index is 15.3. The number of hydrogen-bond acceptors (Lipinski definition) is 6. The van der Waals surface area contributed by atoms with Crippen LogP contribution in [-0.4, -0.2) is 54.1 Å². The summed E-state index contributed by atoms with van der Waals surface area (Å²) in [5.41, 5.74) is 7.66. The maximum atomic E-state index is 15.3. The summed E-state index contributed by atoms with van der Waals surface area (Å²) in [5, 5.41) is 9.43. The van der Waals surface area contributed by atoms with Crippen molar-refractivity contribution < 1.29 is 23.8 Å². The lowest BCUT2D eigenvalue weighted by atomic mass is 10.0. The third-order valence-electron chi connectivity index (χ3n) is 6.42. The molecule has 5 rings (SSSR count). The summed E-state index contributed by atoms with van der Waals surface area (Å²) in [4.78, 5) is 26.2. The highest BCUT2D eigenvalue weighted by Crippen LogP contribution is 2.44. The minimum absolute atomic E-state index is 0.0815. The molecule has 0 aromatic carbocycles. The van der Waals surface area contributed by atoms with E-state index in [1.165, 1.54) is 6.07 Å². The predicted octanol–water partition coefficient (Wildman–Crippen LogP) is 1.46. The maximum Gasteiger partial charge on any atom is 0.341 e. The fourth-order valence-corrected chi connectivity index (χ4v) is 4.84. The predicted molar refractivity (Wildman–Crippen MR) is 107 cm³/mol. The Bertz CT molecular complexity index is 1090. The lowest BCUT2D eigenvalue weighted by Gasteiger charge is -2.24. The number of aromatic nitrogens is 1. The molecule has 2 saturated heterocycles. The number of nitrogens with zero attached hydrogens (tertiary/aromatic N) is 2. The molecule has 0 spiro atoms. The number of carboxylic acid groups (broad SMARTS) is 1. The molecule has 3 fully saturated rings. The molecule has 0 bridgehead atoms. The lowest BCUT2D eigenvalue weighted by Crippen LogP contribution is -2.37. The van der Waals surface area contributed by atoms with Crippen molar-refractivity contribution in [2.75, 3.05) is 31.2 Å². The number of nitrogens with two attached hydrogens (primary N) is 1. The number of aryl methyl sites for hydroxylation is 1. The monoisotopic (exact) mass is 417 g/mol. The van der Waals surface area contributed by atoms with Crippen molar-refractivity contribution in [1.29, 1.82) is 0 Å². The lowest BCUT2D eigenvalue weighted by molar-refractivity contribution is -0.0807. The molecule has 4 heterocycles. The first kappa shape index (κ1) is 19.5. The molecule has 1 aliphatic carbocycles. The Morgan fingerprint density at radius 3 is 2.60 bits per heavy atom. The molecule has 3 aliphatic rings. The van der Waals surface area contributed by atoms with Gasteiger partial charge in [0.05, 0.1) is 30.6 Å². The summed E-state index contributed by atoms with van der Waals surface area (Å²) < 4.78 is 27.6. The van der Waals surface area contributed by atoms with Gasteiger partial charge in [0, 0.05) is 25.0 Å². The number of carboxylic acids is 1. The van der Waals surface area contributed by atoms with Crippen LogP contribution in [0, 0.1) is 18.7 Å². The summed E-state index contributed by atoms with van der Waals surface area (Å²) in [7, 11) is 0. The molecule has 2 aromatic heterocycles. The van der Waals surface area contributed by atoms with Crippen LogP contribution >= 0.6 is 0 Å². The summed E-state index contributed by atoms with van der Waals surface area (Å²) in [6, 6.07) is 1.23. The van der Waals surface area contributed by atoms with Crippen LogP contribution < -0.4 is 16.2 Å². The van der Waals surface area contributed by atoms with Crippen molar-refractivity contribution in [2.24, 2.45) is 11.7 Å². The number of rotatable bonds is 4. The Hall–Kier alpha value is -2.49. The number of aromatic carboxylic acids is 1. The molecule has 160 valence electrons. The SMILES string of the molecule is Cc1c(N2CC(N)C(C3OCCO3)C2)c(F)cn2c(=O)c(C(=O)O)cc(C3CC3)c12. The third kappa shape index (κ3) is 3.00. The molecule has 0 amide bonds. The Morgan fingerprint density at radius 1 is 1.27 bits per heavy atom. The van der Waals surface area contributed by atoms with Crippen molar-refractivity contribution in [1.82, 2.24) is 4.40 Å². The van der Waals surface area contributed by atoms with Gasteiger partial charge in [-0.05, 0) is 42.9 Å². The van der Waals surface area contributed by atoms with E-state index >= 15 is 4.39 Å². The van der Waals surface area contributed by atoms with Crippen LogP contribution in [0.2, 0.25) is 0 Å². The van der Waals surface area contributed by atoms with E-state index in [0.29, 0.717) is 43.1 Å². The van der Waals surface area contributed by atoms with Crippen LogP contribution in [0.5, 0.6) is 0 Å². The second kappa shape index (κ2) is 7.04. The molecule has 2 unspecified atom stereocenters. The highest BCUT2D eigenvalue weighted by atomic mass is 19.1. The molecular weight excluding hydrogens is 393 g/mol. The van der Waals surface area contributed by atoms with Gasteiger partial charge in [-0.15, -0.1) is 0 Å². The molecule has 3 N–H and O–H groups in total. The molecule has 30 heavy (non-hydrogen) atoms. The summed E-state index contributed by atoms with van der Waals surface area (Å²) in [5.74, 6) is -1.78. The highest BCUT2D eigenvalue weighted by Gasteiger charge is 2.40. The molecular formula is C21H24FN3O5. The van der Waals surface area contributed by atoms with E-state index in [9.17, 15) is 14.7 Å². The summed E-state index contributed by atoms with van der Waals surface area (Å²) in [6.45, 7) is 3.75. The van der Waals surface area contributed by atoms with Crippen molar-refractivity contribution in [3.05, 3.63) is 45.1 Å². The van der Waals surface area contributed by atoms with Gasteiger partial charge in [0.1, 0.15) is 5.56 Å². The zero-order chi connectivity index (χ0) is 21.2. The van der Waals surface area contributed by atoms with E-state index < -0.39 is 23.6 Å². The zero-order valence-electron chi connectivity index (χ0n) is 16.6. The van der Waals surface area contributed by atoms with Crippen molar-refractivity contribution in [2.45, 2.75) is 38.0 Å². The molecule has 9 heteroatoms. The van der Waals surface area contributed by atoms with Crippen molar-refractivity contribution in [3.8, 4) is 0 Å². The Labute approximate surface area is 172 Å². The average molecular weight is 417 g/mol. The highest BCUT2D eigenvalue weighted by molar-refractivity contribution is 5.89. The smallest absolute Gasteiger partial charge is 0.341 e. The second-order valence-electron chi connectivity index (χ2n) is 8.41. The van der Waals surface area contributed by atoms with Gasteiger partial charge in [0.2, 0.25) is 0 Å². The van der Waals surface area contributed by atoms with Crippen LogP contribution in [0.3, 0.4) is 0 Å². The number of carbonyl (C=O) groups is 1. The van der Waals surface area contributed by atoms with E-state index in [4.69, 9.17) is 15.2 Å². The van der Waals surface area contributed by atoms with Crippen molar-refractivity contribution >= 4 is 17.2 Å². The van der Waals surface area contributed by atoms with Gasteiger partial charge in [0.15, 0.2) is 12.1 Å². The number of ether oxygens (including phenoxy) is 2. The fourth-order valence-electron chi connectivity index (χ4n) is 4.84. The van der Waals surface area contributed by atoms with Gasteiger partial charge < -0.3 is 25.2 Å². The van der Waals surface area contributed by atoms with Crippen LogP contribution in [0.1, 0.15) is 40.2 Å². The molecule has 0 radical (unpaired) electrons. The van der Waals surface area contributed by atoms with Gasteiger partial charge in [-0.3, -0.25) is 9.20 Å². The van der Waals surface area contributed by atoms with Gasteiger partial charge >= 0.3 is 5.97 Å². The first-order valence-electron chi connectivity index (χ1n) is 10.2. The average Bonchev–Trinajstić information content (AvgIpc) is 3.25. The Balaban J connectivity index is 1.64. The number of fused-ring (bicyclic) bond motifs is 1. The number of halogens is 1. The minimum Gasteiger partial charge on any atom is -0.477 e. The van der Waals surface area contributed by atoms with Crippen LogP contribution in [-0.2, 0) is 9.47 Å². The first-order valence-corrected chi connectivity index (χ1v) is 10.2. The van der Waals surface area contributed by atoms with Crippen molar-refractivity contribution in [3.63, 3.8) is 0 Å². The fraction of sp³-hybridized carbons (Fsp3) is 0.524. The van der Waals surface area contributed by atoms with E-state index in [1.54, 1.807) is 6.92 Å². The minimum atomic E-state index is -1.30. The molecule has 2 aromatic rings. The molecule has 1 saturated carbocycles. The van der Waals surface area contributed by atoms with E-state index in [1.807, 2.05) is 4.90 Å². The van der Waals surface area contributed by atoms with E-state index in [0.717, 1.165) is 29.0 Å². The Morgan fingerprint density at radius 2 is 1.97 bits per heavy atom. The molecule has 2 aliphatic heterocycles. The van der Waals surface area contributed by atoms with Gasteiger partial charge in [0.25, 0.3) is 5.56 Å². The van der Waals surface area contributed by atoms with E-state index in [-0.39, 0.29) is 23.4 Å². The number of pyridine rings is 2. The van der Waals surface area contributed by atoms with Gasteiger partial charge in [-0.1, -0.05) is 0 Å². The second-order valence-corrected chi connectivity index (χ2v) is 8.41. The normalized spacial score (nSPS) is 24.8. The molecule has 2 atom stereocenters. The third-order valence-corrected chi connectivity index (χ3v) is 6.42. The summed E-state index contributed by atoms with van der Waals surface area (Å²) >= 11 is 0. The van der Waals surface area contributed by atoms with Gasteiger partial charge in [-0.25, -0.2) is 9.18 Å². The van der Waals surface area contributed by atoms with Crippen LogP contribution in [0.25, 0.3) is 5.52 Å². The zero-order valence-corrected chi connectivity index (χ0v) is 16.6. The van der Waals surface area contributed by atoms with Crippen LogP contribution in [0.4, 0.5) is 10.1 Å². The summed E-state index contributed by atoms with van der Waals surface area (Å²) in [6.07, 6.45) is 2.56. The van der Waals surface area contributed by atoms with E-state index in [2.05, 4.69) is 0 Å². The largest absolute Gasteiger partial charge is 0.477 e. The molecule has 8 nitrogen and oxygen atoms in total. The number of hydrogen-bond donors (Lipinski definition) is 2. The Kier molecular flexibility index (Phi) is 4.57. The van der Waals surface area contributed by atoms with Crippen LogP contribution in [0.15, 0.2) is 17.1 Å². The first-order chi connectivity index (χ1) is 14.4. The quantitative estimate of drug-likeness (QED) is 0.776. The van der Waals surface area contributed by atoms with Gasteiger partial charge in [-0.2, -0.15) is 0 Å². The number of anilines is 1. The standard InChI is InChI=1S/C21H24FN3O5/c1-10-17-12(11-2-3-11)6-13(20(27)28)19(26)25(17)8-15(22)18(10)24-7-14(16(23)9-24)21-29-4-5-30-21/h6,8,11,14,16,21H,2-5,7,9,23H2,1H3,(H,27,28). The topological polar surface area (TPSA) is 106 Å².